The Kier molecular flexibility index (Phi) is 5.46. The number of carboxylic acids is 1. The minimum Gasteiger partial charge on any atom is -0.478 e. The van der Waals surface area contributed by atoms with Crippen LogP contribution in [0, 0.1) is 12.8 Å². The van der Waals surface area contributed by atoms with Gasteiger partial charge in [0.2, 0.25) is 11.8 Å². The Morgan fingerprint density at radius 2 is 1.81 bits per heavy atom. The molecular formula is C15H20N2O4. The predicted octanol–water partition coefficient (Wildman–Crippen LogP) is 1.79. The van der Waals surface area contributed by atoms with Gasteiger partial charge in [-0.3, -0.25) is 9.59 Å². The highest BCUT2D eigenvalue weighted by Crippen LogP contribution is 2.20. The Balaban J connectivity index is 3.04. The first-order chi connectivity index (χ1) is 9.73. The number of benzene rings is 1. The molecule has 6 heteroatoms. The summed E-state index contributed by atoms with van der Waals surface area (Å²) >= 11 is 0. The minimum absolute atomic E-state index is 0.0520. The molecule has 1 atom stereocenters. The number of aryl methyl sites for hydroxylation is 1. The van der Waals surface area contributed by atoms with Gasteiger partial charge in [-0.1, -0.05) is 26.0 Å². The van der Waals surface area contributed by atoms with Crippen LogP contribution in [0.5, 0.6) is 0 Å². The van der Waals surface area contributed by atoms with Crippen molar-refractivity contribution in [3.05, 3.63) is 29.3 Å². The average Bonchev–Trinajstić information content (AvgIpc) is 2.34. The van der Waals surface area contributed by atoms with Crippen molar-refractivity contribution in [2.24, 2.45) is 5.92 Å². The molecule has 1 unspecified atom stereocenters. The first-order valence-electron chi connectivity index (χ1n) is 6.65. The van der Waals surface area contributed by atoms with Crippen molar-refractivity contribution in [1.29, 1.82) is 0 Å². The van der Waals surface area contributed by atoms with Crippen molar-refractivity contribution in [1.82, 2.24) is 5.32 Å². The van der Waals surface area contributed by atoms with Crippen molar-refractivity contribution in [2.45, 2.75) is 33.7 Å². The van der Waals surface area contributed by atoms with Crippen LogP contribution in [0.3, 0.4) is 0 Å². The summed E-state index contributed by atoms with van der Waals surface area (Å²) in [7, 11) is 0. The maximum absolute atomic E-state index is 12.3. The highest BCUT2D eigenvalue weighted by atomic mass is 16.4. The fraction of sp³-hybridized carbons (Fsp3) is 0.400. The molecule has 0 fully saturated rings. The lowest BCUT2D eigenvalue weighted by Crippen LogP contribution is -2.46. The number of carbonyl (C=O) groups is 3. The van der Waals surface area contributed by atoms with Crippen LogP contribution in [-0.2, 0) is 9.59 Å². The maximum atomic E-state index is 12.3. The molecular weight excluding hydrogens is 272 g/mol. The number of carbonyl (C=O) groups excluding carboxylic acids is 2. The highest BCUT2D eigenvalue weighted by molar-refractivity contribution is 6.03. The third kappa shape index (κ3) is 4.30. The van der Waals surface area contributed by atoms with Crippen LogP contribution >= 0.6 is 0 Å². The van der Waals surface area contributed by atoms with E-state index in [4.69, 9.17) is 0 Å². The standard InChI is InChI=1S/C15H20N2O4/c1-8(2)13(16-10(4)18)14(19)17-11-7-5-6-9(3)12(11)15(20)21/h5-8,13H,1-4H3,(H,16,18)(H,17,19)(H,20,21). The first kappa shape index (κ1) is 16.7. The van der Waals surface area contributed by atoms with Crippen LogP contribution in [0.2, 0.25) is 0 Å². The Morgan fingerprint density at radius 3 is 2.29 bits per heavy atom. The van der Waals surface area contributed by atoms with E-state index in [1.54, 1.807) is 32.9 Å². The Hall–Kier alpha value is -2.37. The van der Waals surface area contributed by atoms with E-state index in [0.717, 1.165) is 0 Å². The molecule has 0 saturated heterocycles. The lowest BCUT2D eigenvalue weighted by molar-refractivity contribution is -0.126. The molecule has 0 spiro atoms. The number of amides is 2. The third-order valence-corrected chi connectivity index (χ3v) is 3.05. The zero-order chi connectivity index (χ0) is 16.2. The summed E-state index contributed by atoms with van der Waals surface area (Å²) in [5.74, 6) is -1.98. The monoisotopic (exact) mass is 292 g/mol. The van der Waals surface area contributed by atoms with Gasteiger partial charge in [0, 0.05) is 6.92 Å². The average molecular weight is 292 g/mol. The number of hydrogen-bond donors (Lipinski definition) is 3. The topological polar surface area (TPSA) is 95.5 Å². The van der Waals surface area contributed by atoms with Crippen LogP contribution in [0.4, 0.5) is 5.69 Å². The summed E-state index contributed by atoms with van der Waals surface area (Å²) in [4.78, 5) is 34.7. The van der Waals surface area contributed by atoms with Gasteiger partial charge < -0.3 is 15.7 Å². The molecule has 0 radical (unpaired) electrons. The number of carboxylic acid groups (broad SMARTS) is 1. The van der Waals surface area contributed by atoms with Gasteiger partial charge in [-0.25, -0.2) is 4.79 Å². The summed E-state index contributed by atoms with van der Waals surface area (Å²) in [6, 6.07) is 4.14. The molecule has 6 nitrogen and oxygen atoms in total. The van der Waals surface area contributed by atoms with Gasteiger partial charge in [0.05, 0.1) is 11.3 Å². The largest absolute Gasteiger partial charge is 0.478 e. The van der Waals surface area contributed by atoms with E-state index in [0.29, 0.717) is 5.56 Å². The Morgan fingerprint density at radius 1 is 1.19 bits per heavy atom. The van der Waals surface area contributed by atoms with Crippen molar-refractivity contribution >= 4 is 23.5 Å². The third-order valence-electron chi connectivity index (χ3n) is 3.05. The fourth-order valence-electron chi connectivity index (χ4n) is 2.02. The molecule has 0 bridgehead atoms. The van der Waals surface area contributed by atoms with Gasteiger partial charge in [-0.2, -0.15) is 0 Å². The van der Waals surface area contributed by atoms with Gasteiger partial charge >= 0.3 is 5.97 Å². The summed E-state index contributed by atoms with van der Waals surface area (Å²) < 4.78 is 0. The van der Waals surface area contributed by atoms with Crippen LogP contribution in [0.15, 0.2) is 18.2 Å². The zero-order valence-electron chi connectivity index (χ0n) is 12.6. The minimum atomic E-state index is -1.11. The van der Waals surface area contributed by atoms with Crippen LogP contribution < -0.4 is 10.6 Å². The van der Waals surface area contributed by atoms with Gasteiger partial charge in [0.15, 0.2) is 0 Å². The van der Waals surface area contributed by atoms with Crippen LogP contribution in [-0.4, -0.2) is 28.9 Å². The van der Waals surface area contributed by atoms with E-state index < -0.39 is 17.9 Å². The highest BCUT2D eigenvalue weighted by Gasteiger charge is 2.24. The van der Waals surface area contributed by atoms with Crippen molar-refractivity contribution in [2.75, 3.05) is 5.32 Å². The molecule has 1 rings (SSSR count). The van der Waals surface area contributed by atoms with Crippen molar-refractivity contribution in [3.63, 3.8) is 0 Å². The number of anilines is 1. The molecule has 1 aromatic rings. The summed E-state index contributed by atoms with van der Waals surface area (Å²) in [6.07, 6.45) is 0. The Bertz CT molecular complexity index is 567. The number of aromatic carboxylic acids is 1. The van der Waals surface area contributed by atoms with E-state index in [1.807, 2.05) is 0 Å². The second kappa shape index (κ2) is 6.88. The van der Waals surface area contributed by atoms with Crippen LogP contribution in [0.1, 0.15) is 36.7 Å². The predicted molar refractivity (Wildman–Crippen MR) is 79.2 cm³/mol. The molecule has 0 aliphatic rings. The number of nitrogens with one attached hydrogen (secondary N) is 2. The summed E-state index contributed by atoms with van der Waals surface area (Å²) in [6.45, 7) is 6.59. The number of hydrogen-bond acceptors (Lipinski definition) is 3. The van der Waals surface area contributed by atoms with E-state index in [9.17, 15) is 19.5 Å². The molecule has 21 heavy (non-hydrogen) atoms. The Labute approximate surface area is 123 Å². The van der Waals surface area contributed by atoms with Gasteiger partial charge in [0.25, 0.3) is 0 Å². The smallest absolute Gasteiger partial charge is 0.338 e. The molecule has 2 amide bonds. The number of rotatable bonds is 5. The molecule has 3 N–H and O–H groups in total. The molecule has 0 heterocycles. The van der Waals surface area contributed by atoms with Crippen molar-refractivity contribution in [3.8, 4) is 0 Å². The molecule has 1 aromatic carbocycles. The maximum Gasteiger partial charge on any atom is 0.338 e. The lowest BCUT2D eigenvalue weighted by Gasteiger charge is -2.21. The van der Waals surface area contributed by atoms with E-state index >= 15 is 0 Å². The van der Waals surface area contributed by atoms with Gasteiger partial charge in [0.1, 0.15) is 6.04 Å². The van der Waals surface area contributed by atoms with E-state index in [2.05, 4.69) is 10.6 Å². The lowest BCUT2D eigenvalue weighted by atomic mass is 10.0. The molecule has 0 aromatic heterocycles. The van der Waals surface area contributed by atoms with E-state index in [-0.39, 0.29) is 23.1 Å². The molecule has 114 valence electrons. The van der Waals surface area contributed by atoms with Crippen LogP contribution in [0.25, 0.3) is 0 Å². The van der Waals surface area contributed by atoms with Crippen molar-refractivity contribution < 1.29 is 19.5 Å². The zero-order valence-corrected chi connectivity index (χ0v) is 12.6. The first-order valence-corrected chi connectivity index (χ1v) is 6.65. The SMILES string of the molecule is CC(=O)NC(C(=O)Nc1cccc(C)c1C(=O)O)C(C)C. The quantitative estimate of drug-likeness (QED) is 0.771. The normalized spacial score (nSPS) is 11.9. The fourth-order valence-corrected chi connectivity index (χ4v) is 2.02. The van der Waals surface area contributed by atoms with E-state index in [1.165, 1.54) is 13.0 Å². The summed E-state index contributed by atoms with van der Waals surface area (Å²) in [5, 5.41) is 14.4. The molecule has 0 aliphatic carbocycles. The summed E-state index contributed by atoms with van der Waals surface area (Å²) in [5.41, 5.74) is 0.834. The van der Waals surface area contributed by atoms with Gasteiger partial charge in [-0.05, 0) is 24.5 Å². The van der Waals surface area contributed by atoms with Gasteiger partial charge in [-0.15, -0.1) is 0 Å². The molecule has 0 saturated carbocycles. The molecule has 0 aliphatic heterocycles. The second-order valence-electron chi connectivity index (χ2n) is 5.21. The second-order valence-corrected chi connectivity index (χ2v) is 5.21.